The van der Waals surface area contributed by atoms with E-state index >= 15 is 0 Å². The number of likely N-dealkylation sites (tertiary alicyclic amines) is 1. The molecule has 1 aliphatic carbocycles. The van der Waals surface area contributed by atoms with E-state index < -0.39 is 10.0 Å². The van der Waals surface area contributed by atoms with Crippen molar-refractivity contribution in [1.29, 1.82) is 0 Å². The maximum absolute atomic E-state index is 13.3. The fourth-order valence-electron chi connectivity index (χ4n) is 5.50. The van der Waals surface area contributed by atoms with Crippen LogP contribution in [0.2, 0.25) is 0 Å². The first kappa shape index (κ1) is 21.2. The van der Waals surface area contributed by atoms with Crippen LogP contribution in [0.25, 0.3) is 11.0 Å². The molecule has 0 spiro atoms. The third-order valence-electron chi connectivity index (χ3n) is 7.09. The lowest BCUT2D eigenvalue weighted by molar-refractivity contribution is -0.137. The van der Waals surface area contributed by atoms with E-state index in [1.807, 2.05) is 12.1 Å². The number of hydrogen-bond acceptors (Lipinski definition) is 4. The van der Waals surface area contributed by atoms with Crippen LogP contribution >= 0.6 is 0 Å². The third kappa shape index (κ3) is 3.83. The summed E-state index contributed by atoms with van der Waals surface area (Å²) < 4.78 is 27.8. The lowest BCUT2D eigenvalue weighted by Gasteiger charge is -2.44. The van der Waals surface area contributed by atoms with Crippen molar-refractivity contribution in [2.24, 2.45) is 5.92 Å². The van der Waals surface area contributed by atoms with E-state index in [2.05, 4.69) is 9.88 Å². The van der Waals surface area contributed by atoms with Gasteiger partial charge in [-0.3, -0.25) is 4.79 Å². The van der Waals surface area contributed by atoms with Crippen LogP contribution in [0.1, 0.15) is 50.5 Å². The van der Waals surface area contributed by atoms with Crippen LogP contribution in [0.4, 0.5) is 0 Å². The molecule has 0 N–H and O–H groups in total. The van der Waals surface area contributed by atoms with E-state index in [9.17, 15) is 13.2 Å². The normalized spacial score (nSPS) is 21.4. The summed E-state index contributed by atoms with van der Waals surface area (Å²) in [4.78, 5) is 19.9. The summed E-state index contributed by atoms with van der Waals surface area (Å²) in [6, 6.07) is 12.5. The number of piperidine rings is 1. The Morgan fingerprint density at radius 2 is 1.78 bits per heavy atom. The van der Waals surface area contributed by atoms with Gasteiger partial charge < -0.3 is 4.90 Å². The molecule has 1 saturated heterocycles. The molecule has 168 valence electrons. The highest BCUT2D eigenvalue weighted by atomic mass is 32.2. The van der Waals surface area contributed by atoms with Crippen LogP contribution in [0, 0.1) is 5.92 Å². The van der Waals surface area contributed by atoms with Crippen molar-refractivity contribution in [2.45, 2.75) is 62.3 Å². The minimum absolute atomic E-state index is 0.192. The van der Waals surface area contributed by atoms with E-state index in [1.165, 1.54) is 29.7 Å². The Morgan fingerprint density at radius 3 is 2.62 bits per heavy atom. The molecule has 1 aliphatic heterocycles. The van der Waals surface area contributed by atoms with Gasteiger partial charge in [0.25, 0.3) is 10.0 Å². The summed E-state index contributed by atoms with van der Waals surface area (Å²) in [5, 5.41) is 0.786. The Labute approximate surface area is 189 Å². The number of fused-ring (bicyclic) bond motifs is 2. The van der Waals surface area contributed by atoms with Crippen LogP contribution in [-0.2, 0) is 21.2 Å². The van der Waals surface area contributed by atoms with Crippen molar-refractivity contribution in [3.8, 4) is 0 Å². The van der Waals surface area contributed by atoms with Crippen molar-refractivity contribution in [3.05, 3.63) is 60.4 Å². The van der Waals surface area contributed by atoms with Crippen molar-refractivity contribution in [2.75, 3.05) is 6.54 Å². The second-order valence-electron chi connectivity index (χ2n) is 8.98. The highest BCUT2D eigenvalue weighted by Crippen LogP contribution is 2.35. The summed E-state index contributed by atoms with van der Waals surface area (Å²) >= 11 is 0. The molecule has 2 aromatic heterocycles. The Kier molecular flexibility index (Phi) is 5.76. The first-order chi connectivity index (χ1) is 15.6. The van der Waals surface area contributed by atoms with Crippen molar-refractivity contribution >= 4 is 27.0 Å². The Balaban J connectivity index is 1.40. The second kappa shape index (κ2) is 8.70. The molecule has 2 atom stereocenters. The summed E-state index contributed by atoms with van der Waals surface area (Å²) in [5.41, 5.74) is 1.25. The minimum Gasteiger partial charge on any atom is -0.339 e. The van der Waals surface area contributed by atoms with Gasteiger partial charge in [0.15, 0.2) is 5.65 Å². The minimum atomic E-state index is -3.76. The molecule has 32 heavy (non-hydrogen) atoms. The van der Waals surface area contributed by atoms with Crippen LogP contribution in [0.3, 0.4) is 0 Å². The number of rotatable bonds is 5. The summed E-state index contributed by atoms with van der Waals surface area (Å²) in [6.07, 6.45) is 11.3. The molecule has 1 amide bonds. The highest BCUT2D eigenvalue weighted by Gasteiger charge is 2.35. The van der Waals surface area contributed by atoms with Gasteiger partial charge in [-0.15, -0.1) is 0 Å². The number of amides is 1. The first-order valence-corrected chi connectivity index (χ1v) is 13.0. The van der Waals surface area contributed by atoms with E-state index in [0.717, 1.165) is 30.3 Å². The molecule has 2 unspecified atom stereocenters. The average molecular weight is 452 g/mol. The largest absolute Gasteiger partial charge is 0.339 e. The Morgan fingerprint density at radius 1 is 1.00 bits per heavy atom. The zero-order valence-electron chi connectivity index (χ0n) is 18.2. The summed E-state index contributed by atoms with van der Waals surface area (Å²) in [7, 11) is -3.76. The van der Waals surface area contributed by atoms with Crippen LogP contribution in [0.15, 0.2) is 59.8 Å². The SMILES string of the molecule is O=C(CCc1cn(S(=O)(=O)c2ccccc2)c2ncccc12)N1CCCC2CCCCC21. The maximum atomic E-state index is 13.3. The van der Waals surface area contributed by atoms with Crippen LogP contribution in [-0.4, -0.2) is 40.8 Å². The van der Waals surface area contributed by atoms with Gasteiger partial charge in [-0.2, -0.15) is 0 Å². The number of nitrogens with zero attached hydrogens (tertiary/aromatic N) is 3. The van der Waals surface area contributed by atoms with E-state index in [-0.39, 0.29) is 10.8 Å². The standard InChI is InChI=1S/C25H29N3O3S/c29-24(27-17-7-9-19-8-4-5-13-23(19)27)15-14-20-18-28(25-22(20)12-6-16-26-25)32(30,31)21-10-2-1-3-11-21/h1-3,6,10-12,16,18-19,23H,4-5,7-9,13-15,17H2. The number of aromatic nitrogens is 2. The van der Waals surface area contributed by atoms with Crippen LogP contribution < -0.4 is 0 Å². The number of benzene rings is 1. The van der Waals surface area contributed by atoms with Gasteiger partial charge in [0.05, 0.1) is 4.90 Å². The monoisotopic (exact) mass is 451 g/mol. The van der Waals surface area contributed by atoms with Gasteiger partial charge in [-0.25, -0.2) is 17.4 Å². The van der Waals surface area contributed by atoms with Gasteiger partial charge in [0.1, 0.15) is 0 Å². The number of hydrogen-bond donors (Lipinski definition) is 0. The molecule has 5 rings (SSSR count). The first-order valence-electron chi connectivity index (χ1n) is 11.6. The maximum Gasteiger partial charge on any atom is 0.269 e. The lowest BCUT2D eigenvalue weighted by atomic mass is 9.78. The van der Waals surface area contributed by atoms with Gasteiger partial charge in [0.2, 0.25) is 5.91 Å². The molecular weight excluding hydrogens is 422 g/mol. The van der Waals surface area contributed by atoms with Gasteiger partial charge in [-0.1, -0.05) is 31.0 Å². The Hall–Kier alpha value is -2.67. The Bertz CT molecular complexity index is 1220. The van der Waals surface area contributed by atoms with Crippen molar-refractivity contribution < 1.29 is 13.2 Å². The topological polar surface area (TPSA) is 72.3 Å². The third-order valence-corrected chi connectivity index (χ3v) is 8.75. The van der Waals surface area contributed by atoms with Crippen LogP contribution in [0.5, 0.6) is 0 Å². The summed E-state index contributed by atoms with van der Waals surface area (Å²) in [5.74, 6) is 0.848. The fourth-order valence-corrected chi connectivity index (χ4v) is 6.87. The molecule has 6 nitrogen and oxygen atoms in total. The molecule has 3 aromatic rings. The molecule has 1 saturated carbocycles. The van der Waals surface area contributed by atoms with E-state index in [0.29, 0.717) is 30.4 Å². The molecule has 2 aliphatic rings. The zero-order valence-corrected chi connectivity index (χ0v) is 19.0. The van der Waals surface area contributed by atoms with E-state index in [4.69, 9.17) is 0 Å². The number of pyridine rings is 1. The van der Waals surface area contributed by atoms with Gasteiger partial charge >= 0.3 is 0 Å². The average Bonchev–Trinajstić information content (AvgIpc) is 3.22. The molecule has 3 heterocycles. The molecule has 0 radical (unpaired) electrons. The molecular formula is C25H29N3O3S. The fraction of sp³-hybridized carbons (Fsp3) is 0.440. The molecule has 2 fully saturated rings. The zero-order chi connectivity index (χ0) is 22.1. The molecule has 1 aromatic carbocycles. The smallest absolute Gasteiger partial charge is 0.269 e. The van der Waals surface area contributed by atoms with Gasteiger partial charge in [0, 0.05) is 36.8 Å². The number of aryl methyl sites for hydroxylation is 1. The molecule has 7 heteroatoms. The van der Waals surface area contributed by atoms with E-state index in [1.54, 1.807) is 42.7 Å². The molecule has 0 bridgehead atoms. The number of carbonyl (C=O) groups is 1. The van der Waals surface area contributed by atoms with Crippen molar-refractivity contribution in [1.82, 2.24) is 13.9 Å². The van der Waals surface area contributed by atoms with Gasteiger partial charge in [-0.05, 0) is 67.9 Å². The number of carbonyl (C=O) groups excluding carboxylic acids is 1. The lowest BCUT2D eigenvalue weighted by Crippen LogP contribution is -2.49. The second-order valence-corrected chi connectivity index (χ2v) is 10.8. The highest BCUT2D eigenvalue weighted by molar-refractivity contribution is 7.90. The summed E-state index contributed by atoms with van der Waals surface area (Å²) in [6.45, 7) is 0.853. The predicted molar refractivity (Wildman–Crippen MR) is 124 cm³/mol. The predicted octanol–water partition coefficient (Wildman–Crippen LogP) is 4.39. The van der Waals surface area contributed by atoms with Crippen molar-refractivity contribution in [3.63, 3.8) is 0 Å². The quantitative estimate of drug-likeness (QED) is 0.577.